The highest BCUT2D eigenvalue weighted by Crippen LogP contribution is 2.23. The summed E-state index contributed by atoms with van der Waals surface area (Å²) in [6.45, 7) is 1.75. The SMILES string of the molecule is Cc1cc(C(=O)Nc2cccc(F)c2)nc(Nc2ccccc2Cl)n1. The van der Waals surface area contributed by atoms with Gasteiger partial charge in [-0.05, 0) is 43.3 Å². The third-order valence-electron chi connectivity index (χ3n) is 3.29. The molecule has 7 heteroatoms. The van der Waals surface area contributed by atoms with Crippen molar-refractivity contribution in [3.05, 3.63) is 76.8 Å². The van der Waals surface area contributed by atoms with Gasteiger partial charge >= 0.3 is 0 Å². The topological polar surface area (TPSA) is 66.9 Å². The van der Waals surface area contributed by atoms with Gasteiger partial charge in [-0.15, -0.1) is 0 Å². The van der Waals surface area contributed by atoms with E-state index in [4.69, 9.17) is 11.6 Å². The van der Waals surface area contributed by atoms with Gasteiger partial charge in [-0.2, -0.15) is 0 Å². The third kappa shape index (κ3) is 4.30. The number of para-hydroxylation sites is 1. The number of nitrogens with zero attached hydrogens (tertiary/aromatic N) is 2. The van der Waals surface area contributed by atoms with E-state index >= 15 is 0 Å². The molecule has 0 atom stereocenters. The molecule has 0 saturated heterocycles. The number of amides is 1. The lowest BCUT2D eigenvalue weighted by atomic mass is 10.2. The zero-order valence-corrected chi connectivity index (χ0v) is 14.0. The van der Waals surface area contributed by atoms with Crippen LogP contribution >= 0.6 is 11.6 Å². The predicted octanol–water partition coefficient (Wildman–Crippen LogP) is 4.57. The van der Waals surface area contributed by atoms with Crippen LogP contribution in [0.15, 0.2) is 54.6 Å². The van der Waals surface area contributed by atoms with Crippen LogP contribution in [0.25, 0.3) is 0 Å². The number of halogens is 2. The first-order valence-corrected chi connectivity index (χ1v) is 7.83. The predicted molar refractivity (Wildman–Crippen MR) is 95.9 cm³/mol. The van der Waals surface area contributed by atoms with Crippen LogP contribution < -0.4 is 10.6 Å². The summed E-state index contributed by atoms with van der Waals surface area (Å²) in [4.78, 5) is 20.8. The average molecular weight is 357 g/mol. The van der Waals surface area contributed by atoms with Crippen molar-refractivity contribution in [2.24, 2.45) is 0 Å². The summed E-state index contributed by atoms with van der Waals surface area (Å²) in [5.74, 6) is -0.645. The molecule has 0 spiro atoms. The Labute approximate surface area is 148 Å². The van der Waals surface area contributed by atoms with Gasteiger partial charge in [-0.25, -0.2) is 14.4 Å². The van der Waals surface area contributed by atoms with E-state index in [1.807, 2.05) is 12.1 Å². The summed E-state index contributed by atoms with van der Waals surface area (Å²) < 4.78 is 13.2. The Bertz CT molecular complexity index is 932. The van der Waals surface area contributed by atoms with Gasteiger partial charge in [0.1, 0.15) is 11.5 Å². The normalized spacial score (nSPS) is 10.4. The number of carbonyl (C=O) groups excluding carboxylic acids is 1. The minimum absolute atomic E-state index is 0.159. The number of benzene rings is 2. The largest absolute Gasteiger partial charge is 0.323 e. The van der Waals surface area contributed by atoms with E-state index in [9.17, 15) is 9.18 Å². The third-order valence-corrected chi connectivity index (χ3v) is 3.62. The Balaban J connectivity index is 1.83. The van der Waals surface area contributed by atoms with Gasteiger partial charge in [0.25, 0.3) is 5.91 Å². The second-order valence-electron chi connectivity index (χ2n) is 5.29. The first-order valence-electron chi connectivity index (χ1n) is 7.45. The minimum Gasteiger partial charge on any atom is -0.323 e. The van der Waals surface area contributed by atoms with Crippen molar-refractivity contribution in [3.63, 3.8) is 0 Å². The molecule has 0 saturated carbocycles. The van der Waals surface area contributed by atoms with Gasteiger partial charge in [0.05, 0.1) is 10.7 Å². The van der Waals surface area contributed by atoms with E-state index in [1.165, 1.54) is 18.2 Å². The lowest BCUT2D eigenvalue weighted by Crippen LogP contribution is -2.15. The monoisotopic (exact) mass is 356 g/mol. The Morgan fingerprint density at radius 1 is 1.08 bits per heavy atom. The maximum atomic E-state index is 13.2. The first-order chi connectivity index (χ1) is 12.0. The number of aromatic nitrogens is 2. The number of hydrogen-bond acceptors (Lipinski definition) is 4. The molecule has 1 heterocycles. The van der Waals surface area contributed by atoms with E-state index in [0.29, 0.717) is 22.1 Å². The Morgan fingerprint density at radius 2 is 1.88 bits per heavy atom. The van der Waals surface area contributed by atoms with E-state index in [2.05, 4.69) is 20.6 Å². The number of carbonyl (C=O) groups is 1. The molecule has 1 amide bonds. The average Bonchev–Trinajstić information content (AvgIpc) is 2.56. The molecule has 0 aliphatic carbocycles. The summed E-state index contributed by atoms with van der Waals surface area (Å²) >= 11 is 6.11. The summed E-state index contributed by atoms with van der Waals surface area (Å²) in [5.41, 5.74) is 1.74. The van der Waals surface area contributed by atoms with Gasteiger partial charge in [0.2, 0.25) is 5.95 Å². The van der Waals surface area contributed by atoms with Crippen LogP contribution in [-0.4, -0.2) is 15.9 Å². The molecule has 25 heavy (non-hydrogen) atoms. The van der Waals surface area contributed by atoms with Gasteiger partial charge in [-0.1, -0.05) is 29.8 Å². The van der Waals surface area contributed by atoms with Crippen LogP contribution in [-0.2, 0) is 0 Å². The molecule has 0 radical (unpaired) electrons. The van der Waals surface area contributed by atoms with E-state index < -0.39 is 11.7 Å². The van der Waals surface area contributed by atoms with Gasteiger partial charge < -0.3 is 10.6 Å². The molecule has 3 rings (SSSR count). The molecular formula is C18H14ClFN4O. The molecule has 0 bridgehead atoms. The molecular weight excluding hydrogens is 343 g/mol. The van der Waals surface area contributed by atoms with Crippen molar-refractivity contribution in [1.29, 1.82) is 0 Å². The number of aryl methyl sites for hydroxylation is 1. The fraction of sp³-hybridized carbons (Fsp3) is 0.0556. The van der Waals surface area contributed by atoms with Crippen molar-refractivity contribution in [2.75, 3.05) is 10.6 Å². The van der Waals surface area contributed by atoms with Crippen molar-refractivity contribution >= 4 is 34.8 Å². The Morgan fingerprint density at radius 3 is 2.64 bits per heavy atom. The van der Waals surface area contributed by atoms with Crippen LogP contribution in [0.4, 0.5) is 21.7 Å². The van der Waals surface area contributed by atoms with Gasteiger partial charge in [0, 0.05) is 11.4 Å². The van der Waals surface area contributed by atoms with Crippen LogP contribution in [0.1, 0.15) is 16.2 Å². The van der Waals surface area contributed by atoms with Gasteiger partial charge in [-0.3, -0.25) is 4.79 Å². The van der Waals surface area contributed by atoms with Crippen molar-refractivity contribution in [3.8, 4) is 0 Å². The molecule has 2 N–H and O–H groups in total. The molecule has 0 aliphatic heterocycles. The van der Waals surface area contributed by atoms with Crippen molar-refractivity contribution in [1.82, 2.24) is 9.97 Å². The van der Waals surface area contributed by atoms with Crippen molar-refractivity contribution < 1.29 is 9.18 Å². The van der Waals surface area contributed by atoms with Crippen molar-refractivity contribution in [2.45, 2.75) is 6.92 Å². The van der Waals surface area contributed by atoms with Crippen LogP contribution in [0.3, 0.4) is 0 Å². The lowest BCUT2D eigenvalue weighted by Gasteiger charge is -2.10. The summed E-state index contributed by atoms with van der Waals surface area (Å²) in [5, 5.41) is 6.11. The molecule has 126 valence electrons. The summed E-state index contributed by atoms with van der Waals surface area (Å²) in [6, 6.07) is 14.3. The zero-order chi connectivity index (χ0) is 17.8. The number of anilines is 3. The standard InChI is InChI=1S/C18H14ClFN4O/c1-11-9-16(17(25)22-13-6-4-5-12(20)10-13)24-18(21-11)23-15-8-3-2-7-14(15)19/h2-10H,1H3,(H,22,25)(H,21,23,24). The highest BCUT2D eigenvalue weighted by Gasteiger charge is 2.12. The highest BCUT2D eigenvalue weighted by atomic mass is 35.5. The van der Waals surface area contributed by atoms with Crippen LogP contribution in [0, 0.1) is 12.7 Å². The highest BCUT2D eigenvalue weighted by molar-refractivity contribution is 6.33. The minimum atomic E-state index is -0.460. The maximum absolute atomic E-state index is 13.2. The molecule has 0 fully saturated rings. The number of hydrogen-bond donors (Lipinski definition) is 2. The molecule has 0 aliphatic rings. The number of rotatable bonds is 4. The van der Waals surface area contributed by atoms with E-state index in [1.54, 1.807) is 31.2 Å². The van der Waals surface area contributed by atoms with Crippen LogP contribution in [0.5, 0.6) is 0 Å². The van der Waals surface area contributed by atoms with Gasteiger partial charge in [0.15, 0.2) is 0 Å². The first kappa shape index (κ1) is 16.9. The molecule has 5 nitrogen and oxygen atoms in total. The summed E-state index contributed by atoms with van der Waals surface area (Å²) in [7, 11) is 0. The zero-order valence-electron chi connectivity index (χ0n) is 13.3. The van der Waals surface area contributed by atoms with E-state index in [0.717, 1.165) is 0 Å². The Hall–Kier alpha value is -2.99. The summed E-state index contributed by atoms with van der Waals surface area (Å²) in [6.07, 6.45) is 0. The second-order valence-corrected chi connectivity index (χ2v) is 5.69. The second kappa shape index (κ2) is 7.27. The van der Waals surface area contributed by atoms with Crippen LogP contribution in [0.2, 0.25) is 5.02 Å². The van der Waals surface area contributed by atoms with E-state index in [-0.39, 0.29) is 11.6 Å². The fourth-order valence-electron chi connectivity index (χ4n) is 2.19. The molecule has 3 aromatic rings. The molecule has 0 unspecified atom stereocenters. The number of nitrogens with one attached hydrogen (secondary N) is 2. The molecule has 2 aromatic carbocycles. The maximum Gasteiger partial charge on any atom is 0.274 e. The molecule has 1 aromatic heterocycles. The Kier molecular flexibility index (Phi) is 4.90. The quantitative estimate of drug-likeness (QED) is 0.718. The fourth-order valence-corrected chi connectivity index (χ4v) is 2.37. The lowest BCUT2D eigenvalue weighted by molar-refractivity contribution is 0.102. The smallest absolute Gasteiger partial charge is 0.274 e.